The van der Waals surface area contributed by atoms with Crippen LogP contribution in [0.4, 0.5) is 0 Å². The molecular weight excluding hydrogens is 476 g/mol. The van der Waals surface area contributed by atoms with Gasteiger partial charge in [0.25, 0.3) is 0 Å². The Hall–Kier alpha value is -4.01. The van der Waals surface area contributed by atoms with Gasteiger partial charge in [-0.3, -0.25) is 24.0 Å². The third-order valence-electron chi connectivity index (χ3n) is 5.19. The number of nitrogens with zero attached hydrogens (tertiary/aromatic N) is 1. The first-order valence-electron chi connectivity index (χ1n) is 11.2. The Morgan fingerprint density at radius 3 is 2.00 bits per heavy atom. The number of amides is 5. The Balaban J connectivity index is 2.96. The number of aromatic amines is 1. The van der Waals surface area contributed by atoms with Crippen molar-refractivity contribution >= 4 is 35.5 Å². The van der Waals surface area contributed by atoms with E-state index in [4.69, 9.17) is 17.2 Å². The molecule has 0 saturated heterocycles. The number of H-pyrrole nitrogens is 1. The van der Waals surface area contributed by atoms with Gasteiger partial charge in [-0.2, -0.15) is 0 Å². The number of carbonyl (C=O) groups is 6. The van der Waals surface area contributed by atoms with Crippen LogP contribution in [0.5, 0.6) is 0 Å². The molecule has 1 rings (SSSR count). The molecule has 1 aromatic rings. The molecule has 15 heteroatoms. The Morgan fingerprint density at radius 1 is 0.917 bits per heavy atom. The largest absolute Gasteiger partial charge is 0.480 e. The van der Waals surface area contributed by atoms with Gasteiger partial charge in [-0.25, -0.2) is 9.78 Å². The molecule has 5 amide bonds. The van der Waals surface area contributed by atoms with E-state index in [-0.39, 0.29) is 32.1 Å². The SMILES string of the molecule is CC(C)C(NC(=O)C(N)CCC(N)=O)C(=O)NC(CCC(N)=O)C(=O)NC(Cc1cnc[nH]1)C(=O)O. The van der Waals surface area contributed by atoms with E-state index < -0.39 is 65.6 Å². The standard InChI is InChI=1S/C21H34N8O7/c1-10(2)17(29-18(32)12(22)3-5-15(23)30)20(34)27-13(4-6-16(24)31)19(33)28-14(21(35)36)7-11-8-25-9-26-11/h8-10,12-14,17H,3-7,22H2,1-2H3,(H2,23,30)(H2,24,31)(H,25,26)(H,27,34)(H,28,33)(H,29,32)(H,35,36). The zero-order valence-electron chi connectivity index (χ0n) is 20.2. The van der Waals surface area contributed by atoms with Crippen molar-refractivity contribution in [2.24, 2.45) is 23.1 Å². The highest BCUT2D eigenvalue weighted by atomic mass is 16.4. The number of primary amides is 2. The van der Waals surface area contributed by atoms with Gasteiger partial charge in [0.2, 0.25) is 29.5 Å². The maximum absolute atomic E-state index is 13.0. The molecule has 1 heterocycles. The summed E-state index contributed by atoms with van der Waals surface area (Å²) in [5.41, 5.74) is 16.4. The fourth-order valence-electron chi connectivity index (χ4n) is 3.13. The molecule has 0 bridgehead atoms. The van der Waals surface area contributed by atoms with Gasteiger partial charge >= 0.3 is 5.97 Å². The number of hydrogen-bond acceptors (Lipinski definition) is 8. The van der Waals surface area contributed by atoms with E-state index in [2.05, 4.69) is 25.9 Å². The molecule has 200 valence electrons. The smallest absolute Gasteiger partial charge is 0.326 e. The molecule has 0 radical (unpaired) electrons. The minimum absolute atomic E-state index is 0.0237. The second-order valence-electron chi connectivity index (χ2n) is 8.59. The first-order chi connectivity index (χ1) is 16.8. The highest BCUT2D eigenvalue weighted by Crippen LogP contribution is 2.07. The third-order valence-corrected chi connectivity index (χ3v) is 5.19. The topological polar surface area (TPSA) is 265 Å². The zero-order chi connectivity index (χ0) is 27.4. The Labute approximate surface area is 207 Å². The minimum Gasteiger partial charge on any atom is -0.480 e. The van der Waals surface area contributed by atoms with Crippen molar-refractivity contribution in [3.8, 4) is 0 Å². The average molecular weight is 511 g/mol. The first-order valence-corrected chi connectivity index (χ1v) is 11.2. The lowest BCUT2D eigenvalue weighted by Gasteiger charge is -2.27. The predicted molar refractivity (Wildman–Crippen MR) is 125 cm³/mol. The van der Waals surface area contributed by atoms with Gasteiger partial charge in [0.15, 0.2) is 0 Å². The van der Waals surface area contributed by atoms with Crippen LogP contribution in [-0.4, -0.2) is 74.7 Å². The van der Waals surface area contributed by atoms with Crippen LogP contribution >= 0.6 is 0 Å². The number of hydrogen-bond donors (Lipinski definition) is 8. The summed E-state index contributed by atoms with van der Waals surface area (Å²) in [6.45, 7) is 3.28. The summed E-state index contributed by atoms with van der Waals surface area (Å²) in [7, 11) is 0. The van der Waals surface area contributed by atoms with Crippen LogP contribution in [0.1, 0.15) is 45.2 Å². The molecule has 4 atom stereocenters. The molecule has 0 saturated carbocycles. The lowest BCUT2D eigenvalue weighted by atomic mass is 10.0. The van der Waals surface area contributed by atoms with E-state index in [0.717, 1.165) is 0 Å². The fraction of sp³-hybridized carbons (Fsp3) is 0.571. The van der Waals surface area contributed by atoms with E-state index in [1.807, 2.05) is 0 Å². The molecule has 0 aliphatic heterocycles. The van der Waals surface area contributed by atoms with Crippen molar-refractivity contribution in [2.45, 2.75) is 70.1 Å². The highest BCUT2D eigenvalue weighted by Gasteiger charge is 2.32. The first kappa shape index (κ1) is 30.0. The second kappa shape index (κ2) is 14.4. The van der Waals surface area contributed by atoms with Crippen LogP contribution in [0.15, 0.2) is 12.5 Å². The van der Waals surface area contributed by atoms with Crippen molar-refractivity contribution < 1.29 is 33.9 Å². The monoisotopic (exact) mass is 510 g/mol. The summed E-state index contributed by atoms with van der Waals surface area (Å²) in [5, 5.41) is 16.8. The number of nitrogens with one attached hydrogen (secondary N) is 4. The Morgan fingerprint density at radius 2 is 1.50 bits per heavy atom. The quantitative estimate of drug-likeness (QED) is 0.112. The number of aromatic nitrogens is 2. The molecule has 0 aliphatic carbocycles. The van der Waals surface area contributed by atoms with Gasteiger partial charge in [0.1, 0.15) is 18.1 Å². The van der Waals surface area contributed by atoms with Gasteiger partial charge in [0.05, 0.1) is 12.4 Å². The number of carboxylic acid groups (broad SMARTS) is 1. The second-order valence-corrected chi connectivity index (χ2v) is 8.59. The zero-order valence-corrected chi connectivity index (χ0v) is 20.2. The van der Waals surface area contributed by atoms with Crippen molar-refractivity contribution in [1.82, 2.24) is 25.9 Å². The molecule has 0 aliphatic rings. The summed E-state index contributed by atoms with van der Waals surface area (Å²) in [5.74, 6) is -5.45. The van der Waals surface area contributed by atoms with Crippen LogP contribution in [0.3, 0.4) is 0 Å². The highest BCUT2D eigenvalue weighted by molar-refractivity contribution is 5.94. The molecule has 0 spiro atoms. The number of carboxylic acids is 1. The number of aliphatic carboxylic acids is 1. The number of imidazole rings is 1. The average Bonchev–Trinajstić information content (AvgIpc) is 3.30. The van der Waals surface area contributed by atoms with Gasteiger partial charge < -0.3 is 43.2 Å². The van der Waals surface area contributed by atoms with E-state index in [0.29, 0.717) is 5.69 Å². The maximum atomic E-state index is 13.0. The summed E-state index contributed by atoms with van der Waals surface area (Å²) < 4.78 is 0. The van der Waals surface area contributed by atoms with E-state index in [1.54, 1.807) is 13.8 Å². The molecule has 0 fully saturated rings. The van der Waals surface area contributed by atoms with Gasteiger partial charge in [-0.05, 0) is 18.8 Å². The molecule has 1 aromatic heterocycles. The lowest BCUT2D eigenvalue weighted by Crippen LogP contribution is -2.58. The molecular formula is C21H34N8O7. The molecule has 0 aromatic carbocycles. The van der Waals surface area contributed by atoms with E-state index in [1.165, 1.54) is 12.5 Å². The van der Waals surface area contributed by atoms with Gasteiger partial charge in [-0.1, -0.05) is 13.8 Å². The van der Waals surface area contributed by atoms with Crippen LogP contribution < -0.4 is 33.2 Å². The normalized spacial score (nSPS) is 14.2. The van der Waals surface area contributed by atoms with Crippen LogP contribution in [-0.2, 0) is 35.2 Å². The summed E-state index contributed by atoms with van der Waals surface area (Å²) in [6.07, 6.45) is 2.03. The predicted octanol–water partition coefficient (Wildman–Crippen LogP) is -2.99. The number of nitrogens with two attached hydrogens (primary N) is 3. The van der Waals surface area contributed by atoms with E-state index in [9.17, 15) is 33.9 Å². The van der Waals surface area contributed by atoms with E-state index >= 15 is 0 Å². The molecule has 11 N–H and O–H groups in total. The van der Waals surface area contributed by atoms with Crippen LogP contribution in [0, 0.1) is 5.92 Å². The fourth-order valence-corrected chi connectivity index (χ4v) is 3.13. The van der Waals surface area contributed by atoms with Gasteiger partial charge in [0, 0.05) is 31.2 Å². The maximum Gasteiger partial charge on any atom is 0.326 e. The van der Waals surface area contributed by atoms with Crippen molar-refractivity contribution in [3.63, 3.8) is 0 Å². The molecule has 36 heavy (non-hydrogen) atoms. The summed E-state index contributed by atoms with van der Waals surface area (Å²) in [4.78, 5) is 78.7. The molecule has 4 unspecified atom stereocenters. The minimum atomic E-state index is -1.35. The molecule has 15 nitrogen and oxygen atoms in total. The Bertz CT molecular complexity index is 935. The van der Waals surface area contributed by atoms with Crippen molar-refractivity contribution in [2.75, 3.05) is 0 Å². The van der Waals surface area contributed by atoms with Crippen molar-refractivity contribution in [1.29, 1.82) is 0 Å². The summed E-state index contributed by atoms with van der Waals surface area (Å²) >= 11 is 0. The van der Waals surface area contributed by atoms with Crippen molar-refractivity contribution in [3.05, 3.63) is 18.2 Å². The number of rotatable bonds is 16. The van der Waals surface area contributed by atoms with Crippen LogP contribution in [0.25, 0.3) is 0 Å². The van der Waals surface area contributed by atoms with Gasteiger partial charge in [-0.15, -0.1) is 0 Å². The number of carbonyl (C=O) groups excluding carboxylic acids is 5. The lowest BCUT2D eigenvalue weighted by molar-refractivity contribution is -0.142. The van der Waals surface area contributed by atoms with Crippen LogP contribution in [0.2, 0.25) is 0 Å². The Kier molecular flexibility index (Phi) is 12.0. The summed E-state index contributed by atoms with van der Waals surface area (Å²) in [6, 6.07) is -4.90. The third kappa shape index (κ3) is 10.5.